The number of benzene rings is 1. The fourth-order valence-electron chi connectivity index (χ4n) is 1.64. The molecule has 1 heterocycles. The number of rotatable bonds is 3. The van der Waals surface area contributed by atoms with Crippen molar-refractivity contribution in [2.24, 2.45) is 0 Å². The van der Waals surface area contributed by atoms with Crippen molar-refractivity contribution in [2.75, 3.05) is 5.73 Å². The highest BCUT2D eigenvalue weighted by Crippen LogP contribution is 2.23. The predicted molar refractivity (Wildman–Crippen MR) is 75.1 cm³/mol. The van der Waals surface area contributed by atoms with Crippen LogP contribution in [0.3, 0.4) is 0 Å². The molecular weight excluding hydrogens is 307 g/mol. The van der Waals surface area contributed by atoms with Crippen LogP contribution in [0.2, 0.25) is 10.2 Å². The molecule has 0 aliphatic carbocycles. The first-order valence-electron chi connectivity index (χ1n) is 5.33. The van der Waals surface area contributed by atoms with Crippen LogP contribution in [0.15, 0.2) is 29.3 Å². The summed E-state index contributed by atoms with van der Waals surface area (Å²) in [7, 11) is 0. The van der Waals surface area contributed by atoms with E-state index in [1.54, 1.807) is 0 Å². The largest absolute Gasteiger partial charge is 0.392 e. The molecule has 0 aliphatic rings. The molecular formula is C11H8Cl2N4O3. The third kappa shape index (κ3) is 2.73. The first-order chi connectivity index (χ1) is 9.40. The number of nitrogens with two attached hydrogens (primary N) is 1. The molecule has 0 bridgehead atoms. The number of aromatic nitrogens is 2. The Bertz CT molecular complexity index is 745. The summed E-state index contributed by atoms with van der Waals surface area (Å²) in [5, 5.41) is 11.2. The molecule has 0 saturated heterocycles. The van der Waals surface area contributed by atoms with E-state index in [-0.39, 0.29) is 28.6 Å². The molecule has 0 atom stereocenters. The van der Waals surface area contributed by atoms with Crippen LogP contribution < -0.4 is 11.3 Å². The molecule has 1 aromatic carbocycles. The van der Waals surface area contributed by atoms with E-state index in [2.05, 4.69) is 4.98 Å². The smallest absolute Gasteiger partial charge is 0.278 e. The van der Waals surface area contributed by atoms with Crippen LogP contribution in [0, 0.1) is 10.1 Å². The SMILES string of the molecule is Nc1c(Cl)ncn(Cc2cc(Cl)ccc2[N+](=O)[O-])c1=O. The van der Waals surface area contributed by atoms with E-state index in [0.717, 1.165) is 4.57 Å². The molecule has 2 rings (SSSR count). The molecule has 0 amide bonds. The van der Waals surface area contributed by atoms with Gasteiger partial charge in [-0.1, -0.05) is 23.2 Å². The third-order valence-electron chi connectivity index (χ3n) is 2.60. The second-order valence-electron chi connectivity index (χ2n) is 3.91. The molecule has 2 N–H and O–H groups in total. The number of nitro groups is 1. The van der Waals surface area contributed by atoms with E-state index in [1.165, 1.54) is 24.5 Å². The molecule has 0 spiro atoms. The zero-order valence-corrected chi connectivity index (χ0v) is 11.4. The van der Waals surface area contributed by atoms with Crippen molar-refractivity contribution in [2.45, 2.75) is 6.54 Å². The number of hydrogen-bond donors (Lipinski definition) is 1. The second-order valence-corrected chi connectivity index (χ2v) is 4.71. The molecule has 7 nitrogen and oxygen atoms in total. The lowest BCUT2D eigenvalue weighted by Gasteiger charge is -2.07. The lowest BCUT2D eigenvalue weighted by molar-refractivity contribution is -0.385. The summed E-state index contributed by atoms with van der Waals surface area (Å²) in [5.74, 6) is 0. The second kappa shape index (κ2) is 5.48. The Balaban J connectivity index is 2.50. The summed E-state index contributed by atoms with van der Waals surface area (Å²) in [5.41, 5.74) is 4.82. The minimum atomic E-state index is -0.570. The maximum Gasteiger partial charge on any atom is 0.278 e. The van der Waals surface area contributed by atoms with Gasteiger partial charge in [0.25, 0.3) is 11.2 Å². The van der Waals surface area contributed by atoms with E-state index in [9.17, 15) is 14.9 Å². The summed E-state index contributed by atoms with van der Waals surface area (Å²) in [6.07, 6.45) is 1.17. The van der Waals surface area contributed by atoms with Crippen LogP contribution in [0.1, 0.15) is 5.56 Å². The first kappa shape index (κ1) is 14.3. The Kier molecular flexibility index (Phi) is 3.91. The number of anilines is 1. The average molecular weight is 315 g/mol. The average Bonchev–Trinajstić information content (AvgIpc) is 2.39. The Morgan fingerprint density at radius 3 is 2.75 bits per heavy atom. The van der Waals surface area contributed by atoms with Crippen molar-refractivity contribution in [3.63, 3.8) is 0 Å². The van der Waals surface area contributed by atoms with Crippen molar-refractivity contribution in [1.82, 2.24) is 9.55 Å². The molecule has 1 aromatic heterocycles. The predicted octanol–water partition coefficient (Wildman–Crippen LogP) is 2.09. The summed E-state index contributed by atoms with van der Waals surface area (Å²) >= 11 is 11.4. The van der Waals surface area contributed by atoms with Gasteiger partial charge < -0.3 is 5.73 Å². The van der Waals surface area contributed by atoms with Gasteiger partial charge in [-0.05, 0) is 12.1 Å². The minimum Gasteiger partial charge on any atom is -0.392 e. The van der Waals surface area contributed by atoms with Crippen molar-refractivity contribution >= 4 is 34.6 Å². The number of nitro benzene ring substituents is 1. The van der Waals surface area contributed by atoms with Crippen LogP contribution in [0.5, 0.6) is 0 Å². The molecule has 2 aromatic rings. The van der Waals surface area contributed by atoms with Gasteiger partial charge in [0.2, 0.25) is 0 Å². The molecule has 0 aliphatic heterocycles. The summed E-state index contributed by atoms with van der Waals surface area (Å²) in [4.78, 5) is 26.0. The Hall–Kier alpha value is -2.12. The first-order valence-corrected chi connectivity index (χ1v) is 6.09. The van der Waals surface area contributed by atoms with Crippen molar-refractivity contribution < 1.29 is 4.92 Å². The highest BCUT2D eigenvalue weighted by atomic mass is 35.5. The van der Waals surface area contributed by atoms with Gasteiger partial charge in [-0.3, -0.25) is 19.5 Å². The van der Waals surface area contributed by atoms with E-state index >= 15 is 0 Å². The van der Waals surface area contributed by atoms with Gasteiger partial charge in [-0.15, -0.1) is 0 Å². The number of nitrogen functional groups attached to an aromatic ring is 1. The normalized spacial score (nSPS) is 10.5. The van der Waals surface area contributed by atoms with Crippen LogP contribution in [0.4, 0.5) is 11.4 Å². The minimum absolute atomic E-state index is 0.0793. The zero-order chi connectivity index (χ0) is 14.9. The third-order valence-corrected chi connectivity index (χ3v) is 3.14. The van der Waals surface area contributed by atoms with Crippen LogP contribution >= 0.6 is 23.2 Å². The summed E-state index contributed by atoms with van der Waals surface area (Å²) < 4.78 is 1.12. The molecule has 0 unspecified atom stereocenters. The van der Waals surface area contributed by atoms with Crippen molar-refractivity contribution in [3.8, 4) is 0 Å². The maximum atomic E-state index is 11.9. The number of hydrogen-bond acceptors (Lipinski definition) is 5. The van der Waals surface area contributed by atoms with E-state index in [1.807, 2.05) is 0 Å². The Morgan fingerprint density at radius 2 is 2.10 bits per heavy atom. The van der Waals surface area contributed by atoms with Gasteiger partial charge in [-0.2, -0.15) is 0 Å². The van der Waals surface area contributed by atoms with Gasteiger partial charge >= 0.3 is 0 Å². The van der Waals surface area contributed by atoms with Gasteiger partial charge in [0.1, 0.15) is 5.69 Å². The molecule has 104 valence electrons. The molecule has 9 heteroatoms. The summed E-state index contributed by atoms with van der Waals surface area (Å²) in [6.45, 7) is -0.0793. The Morgan fingerprint density at radius 1 is 1.40 bits per heavy atom. The molecule has 0 saturated carbocycles. The highest BCUT2D eigenvalue weighted by Gasteiger charge is 2.16. The number of halogens is 2. The topological polar surface area (TPSA) is 104 Å². The van der Waals surface area contributed by atoms with Crippen molar-refractivity contribution in [1.29, 1.82) is 0 Å². The van der Waals surface area contributed by atoms with Gasteiger partial charge in [-0.25, -0.2) is 4.98 Å². The Labute approximate surface area is 122 Å². The molecule has 0 radical (unpaired) electrons. The number of nitrogens with zero attached hydrogens (tertiary/aromatic N) is 3. The maximum absolute atomic E-state index is 11.9. The lowest BCUT2D eigenvalue weighted by atomic mass is 10.2. The van der Waals surface area contributed by atoms with Gasteiger partial charge in [0.15, 0.2) is 5.15 Å². The lowest BCUT2D eigenvalue weighted by Crippen LogP contribution is -2.24. The fraction of sp³-hybridized carbons (Fsp3) is 0.0909. The van der Waals surface area contributed by atoms with Gasteiger partial charge in [0.05, 0.1) is 23.4 Å². The zero-order valence-electron chi connectivity index (χ0n) is 9.92. The van der Waals surface area contributed by atoms with Crippen LogP contribution in [0.25, 0.3) is 0 Å². The van der Waals surface area contributed by atoms with Crippen molar-refractivity contribution in [3.05, 3.63) is 60.7 Å². The fourth-order valence-corrected chi connectivity index (χ4v) is 1.96. The molecule has 0 fully saturated rings. The molecule has 20 heavy (non-hydrogen) atoms. The summed E-state index contributed by atoms with van der Waals surface area (Å²) in [6, 6.07) is 4.09. The monoisotopic (exact) mass is 314 g/mol. The quantitative estimate of drug-likeness (QED) is 0.530. The van der Waals surface area contributed by atoms with E-state index in [4.69, 9.17) is 28.9 Å². The van der Waals surface area contributed by atoms with Gasteiger partial charge in [0, 0.05) is 11.1 Å². The van der Waals surface area contributed by atoms with Crippen LogP contribution in [-0.2, 0) is 6.54 Å². The van der Waals surface area contributed by atoms with Crippen LogP contribution in [-0.4, -0.2) is 14.5 Å². The van der Waals surface area contributed by atoms with E-state index in [0.29, 0.717) is 5.02 Å². The van der Waals surface area contributed by atoms with E-state index < -0.39 is 10.5 Å². The highest BCUT2D eigenvalue weighted by molar-refractivity contribution is 6.31. The standard InChI is InChI=1S/C11H8Cl2N4O3/c12-7-1-2-8(17(19)20)6(3-7)4-16-5-15-10(13)9(14)11(16)18/h1-3,5H,4,14H2.